The second kappa shape index (κ2) is 4.89. The molecule has 0 saturated heterocycles. The van der Waals surface area contributed by atoms with Crippen molar-refractivity contribution in [2.75, 3.05) is 5.32 Å². The van der Waals surface area contributed by atoms with E-state index in [1.165, 1.54) is 32.1 Å². The first kappa shape index (κ1) is 11.5. The third-order valence-electron chi connectivity index (χ3n) is 3.75. The molecule has 0 unspecified atom stereocenters. The SMILES string of the molecule is CCC1CCC(Nc2nc(C)cn2C)CC1. The van der Waals surface area contributed by atoms with Gasteiger partial charge in [-0.25, -0.2) is 4.98 Å². The van der Waals surface area contributed by atoms with Crippen molar-refractivity contribution in [1.82, 2.24) is 9.55 Å². The molecule has 3 heteroatoms. The summed E-state index contributed by atoms with van der Waals surface area (Å²) in [5.74, 6) is 1.98. The Bertz CT molecular complexity index is 335. The summed E-state index contributed by atoms with van der Waals surface area (Å²) in [7, 11) is 2.06. The van der Waals surface area contributed by atoms with E-state index in [-0.39, 0.29) is 0 Å². The highest BCUT2D eigenvalue weighted by atomic mass is 15.2. The molecule has 16 heavy (non-hydrogen) atoms. The highest BCUT2D eigenvalue weighted by molar-refractivity contribution is 5.29. The van der Waals surface area contributed by atoms with E-state index < -0.39 is 0 Å². The van der Waals surface area contributed by atoms with Crippen molar-refractivity contribution in [2.45, 2.75) is 52.0 Å². The molecule has 1 fully saturated rings. The summed E-state index contributed by atoms with van der Waals surface area (Å²) < 4.78 is 2.08. The van der Waals surface area contributed by atoms with Gasteiger partial charge < -0.3 is 9.88 Å². The highest BCUT2D eigenvalue weighted by Crippen LogP contribution is 2.28. The molecule has 1 aliphatic carbocycles. The lowest BCUT2D eigenvalue weighted by Gasteiger charge is -2.28. The minimum absolute atomic E-state index is 0.628. The van der Waals surface area contributed by atoms with Crippen molar-refractivity contribution < 1.29 is 0 Å². The van der Waals surface area contributed by atoms with Crippen LogP contribution in [0.5, 0.6) is 0 Å². The lowest BCUT2D eigenvalue weighted by molar-refractivity contribution is 0.329. The van der Waals surface area contributed by atoms with Crippen LogP contribution in [0.25, 0.3) is 0 Å². The van der Waals surface area contributed by atoms with Crippen LogP contribution in [-0.4, -0.2) is 15.6 Å². The number of nitrogens with one attached hydrogen (secondary N) is 1. The van der Waals surface area contributed by atoms with Gasteiger partial charge in [0.1, 0.15) is 0 Å². The maximum absolute atomic E-state index is 4.50. The molecule has 1 aromatic rings. The second-order valence-electron chi connectivity index (χ2n) is 5.09. The van der Waals surface area contributed by atoms with Crippen LogP contribution in [0, 0.1) is 12.8 Å². The van der Waals surface area contributed by atoms with Gasteiger partial charge in [-0.2, -0.15) is 0 Å². The Morgan fingerprint density at radius 2 is 2.06 bits per heavy atom. The van der Waals surface area contributed by atoms with Crippen LogP contribution < -0.4 is 5.32 Å². The quantitative estimate of drug-likeness (QED) is 0.850. The summed E-state index contributed by atoms with van der Waals surface area (Å²) in [5.41, 5.74) is 1.09. The van der Waals surface area contributed by atoms with Gasteiger partial charge in [-0.3, -0.25) is 0 Å². The van der Waals surface area contributed by atoms with E-state index in [4.69, 9.17) is 0 Å². The molecule has 0 amide bonds. The Hall–Kier alpha value is -0.990. The number of anilines is 1. The fraction of sp³-hybridized carbons (Fsp3) is 0.769. The van der Waals surface area contributed by atoms with Crippen LogP contribution in [0.1, 0.15) is 44.7 Å². The van der Waals surface area contributed by atoms with Crippen molar-refractivity contribution in [3.8, 4) is 0 Å². The summed E-state index contributed by atoms with van der Waals surface area (Å²) in [6.45, 7) is 4.35. The fourth-order valence-electron chi connectivity index (χ4n) is 2.65. The van der Waals surface area contributed by atoms with Gasteiger partial charge in [0, 0.05) is 19.3 Å². The molecule has 0 aliphatic heterocycles. The minimum Gasteiger partial charge on any atom is -0.353 e. The van der Waals surface area contributed by atoms with Crippen LogP contribution in [0.2, 0.25) is 0 Å². The highest BCUT2D eigenvalue weighted by Gasteiger charge is 2.20. The molecule has 1 N–H and O–H groups in total. The molecule has 0 radical (unpaired) electrons. The van der Waals surface area contributed by atoms with Gasteiger partial charge in [0.2, 0.25) is 5.95 Å². The Morgan fingerprint density at radius 1 is 1.38 bits per heavy atom. The van der Waals surface area contributed by atoms with Gasteiger partial charge in [-0.1, -0.05) is 13.3 Å². The summed E-state index contributed by atoms with van der Waals surface area (Å²) >= 11 is 0. The third kappa shape index (κ3) is 2.57. The first-order chi connectivity index (χ1) is 7.69. The predicted octanol–water partition coefficient (Wildman–Crippen LogP) is 3.11. The Labute approximate surface area is 98.3 Å². The molecule has 1 aromatic heterocycles. The van der Waals surface area contributed by atoms with E-state index in [2.05, 4.69) is 35.0 Å². The maximum atomic E-state index is 4.50. The molecule has 0 bridgehead atoms. The van der Waals surface area contributed by atoms with Crippen LogP contribution in [-0.2, 0) is 7.05 Å². The standard InChI is InChI=1S/C13H23N3/c1-4-11-5-7-12(8-6-11)15-13-14-10(2)9-16(13)3/h9,11-12H,4-8H2,1-3H3,(H,14,15). The lowest BCUT2D eigenvalue weighted by atomic mass is 9.85. The van der Waals surface area contributed by atoms with Crippen LogP contribution in [0.3, 0.4) is 0 Å². The molecule has 90 valence electrons. The molecule has 0 aromatic carbocycles. The van der Waals surface area contributed by atoms with E-state index in [1.54, 1.807) is 0 Å². The Kier molecular flexibility index (Phi) is 3.52. The van der Waals surface area contributed by atoms with E-state index in [0.29, 0.717) is 6.04 Å². The van der Waals surface area contributed by atoms with Gasteiger partial charge >= 0.3 is 0 Å². The van der Waals surface area contributed by atoms with Gasteiger partial charge in [0.25, 0.3) is 0 Å². The summed E-state index contributed by atoms with van der Waals surface area (Å²) in [4.78, 5) is 4.50. The molecule has 1 aliphatic rings. The molecule has 2 rings (SSSR count). The smallest absolute Gasteiger partial charge is 0.202 e. The van der Waals surface area contributed by atoms with Crippen molar-refractivity contribution in [2.24, 2.45) is 13.0 Å². The van der Waals surface area contributed by atoms with E-state index >= 15 is 0 Å². The first-order valence-corrected chi connectivity index (χ1v) is 6.45. The Morgan fingerprint density at radius 3 is 2.56 bits per heavy atom. The average Bonchev–Trinajstić information content (AvgIpc) is 2.59. The van der Waals surface area contributed by atoms with E-state index in [0.717, 1.165) is 17.6 Å². The number of aryl methyl sites for hydroxylation is 2. The molecule has 1 saturated carbocycles. The zero-order valence-electron chi connectivity index (χ0n) is 10.7. The number of rotatable bonds is 3. The number of hydrogen-bond acceptors (Lipinski definition) is 2. The van der Waals surface area contributed by atoms with E-state index in [1.807, 2.05) is 6.92 Å². The summed E-state index contributed by atoms with van der Waals surface area (Å²) in [6.07, 6.45) is 8.75. The lowest BCUT2D eigenvalue weighted by Crippen LogP contribution is -2.27. The zero-order chi connectivity index (χ0) is 11.5. The number of imidazole rings is 1. The molecular weight excluding hydrogens is 198 g/mol. The normalized spacial score (nSPS) is 25.7. The number of aromatic nitrogens is 2. The molecule has 0 atom stereocenters. The number of nitrogens with zero attached hydrogens (tertiary/aromatic N) is 2. The van der Waals surface area contributed by atoms with Gasteiger partial charge in [-0.05, 0) is 38.5 Å². The van der Waals surface area contributed by atoms with Gasteiger partial charge in [-0.15, -0.1) is 0 Å². The van der Waals surface area contributed by atoms with Gasteiger partial charge in [0.15, 0.2) is 0 Å². The maximum Gasteiger partial charge on any atom is 0.202 e. The topological polar surface area (TPSA) is 29.9 Å². The molecule has 1 heterocycles. The summed E-state index contributed by atoms with van der Waals surface area (Å²) in [5, 5.41) is 3.57. The van der Waals surface area contributed by atoms with Crippen LogP contribution in [0.15, 0.2) is 6.20 Å². The molecule has 0 spiro atoms. The largest absolute Gasteiger partial charge is 0.353 e. The summed E-state index contributed by atoms with van der Waals surface area (Å²) in [6, 6.07) is 0.628. The second-order valence-corrected chi connectivity index (χ2v) is 5.09. The van der Waals surface area contributed by atoms with Gasteiger partial charge in [0.05, 0.1) is 5.69 Å². The fourth-order valence-corrected chi connectivity index (χ4v) is 2.65. The predicted molar refractivity (Wildman–Crippen MR) is 67.6 cm³/mol. The minimum atomic E-state index is 0.628. The third-order valence-corrected chi connectivity index (χ3v) is 3.75. The van der Waals surface area contributed by atoms with Crippen molar-refractivity contribution in [1.29, 1.82) is 0 Å². The zero-order valence-corrected chi connectivity index (χ0v) is 10.7. The Balaban J connectivity index is 1.89. The average molecular weight is 221 g/mol. The first-order valence-electron chi connectivity index (χ1n) is 6.45. The van der Waals surface area contributed by atoms with Crippen LogP contribution >= 0.6 is 0 Å². The number of hydrogen-bond donors (Lipinski definition) is 1. The van der Waals surface area contributed by atoms with Crippen molar-refractivity contribution in [3.05, 3.63) is 11.9 Å². The van der Waals surface area contributed by atoms with Crippen molar-refractivity contribution in [3.63, 3.8) is 0 Å². The van der Waals surface area contributed by atoms with E-state index in [9.17, 15) is 0 Å². The monoisotopic (exact) mass is 221 g/mol. The molecule has 3 nitrogen and oxygen atoms in total. The van der Waals surface area contributed by atoms with Crippen LogP contribution in [0.4, 0.5) is 5.95 Å². The van der Waals surface area contributed by atoms with Crippen molar-refractivity contribution >= 4 is 5.95 Å². The molecular formula is C13H23N3.